The maximum atomic E-state index is 9.49. The number of hydrogen-bond donors (Lipinski definition) is 2. The zero-order valence-electron chi connectivity index (χ0n) is 9.83. The lowest BCUT2D eigenvalue weighted by Crippen LogP contribution is -2.37. The lowest BCUT2D eigenvalue weighted by molar-refractivity contribution is 0.122. The second-order valence-corrected chi connectivity index (χ2v) is 4.21. The first-order valence-electron chi connectivity index (χ1n) is 5.83. The molecule has 0 amide bonds. The first-order valence-corrected chi connectivity index (χ1v) is 5.83. The highest BCUT2D eigenvalue weighted by Gasteiger charge is 2.16. The molecule has 0 saturated carbocycles. The minimum absolute atomic E-state index is 0.175. The zero-order valence-corrected chi connectivity index (χ0v) is 9.83. The van der Waals surface area contributed by atoms with E-state index in [9.17, 15) is 5.11 Å². The maximum Gasteiger partial charge on any atom is 0.222 e. The number of ether oxygens (including phenoxy) is 1. The van der Waals surface area contributed by atoms with Gasteiger partial charge in [-0.2, -0.15) is 4.98 Å². The van der Waals surface area contributed by atoms with Crippen molar-refractivity contribution >= 4 is 22.7 Å². The summed E-state index contributed by atoms with van der Waals surface area (Å²) in [6.45, 7) is 2.94. The standard InChI is InChI=1S/C12H14N4O2/c13-12-14-10-7-8(17)1-2-9(10)11(15-12)16-3-5-18-6-4-16/h1-2,7,17H,3-6H2,(H2,13,14,15). The van der Waals surface area contributed by atoms with Crippen molar-refractivity contribution in [3.05, 3.63) is 18.2 Å². The van der Waals surface area contributed by atoms with Crippen molar-refractivity contribution in [3.8, 4) is 5.75 Å². The molecule has 1 aromatic heterocycles. The summed E-state index contributed by atoms with van der Waals surface area (Å²) in [4.78, 5) is 10.6. The molecule has 94 valence electrons. The van der Waals surface area contributed by atoms with Gasteiger partial charge in [-0.3, -0.25) is 0 Å². The van der Waals surface area contributed by atoms with Crippen LogP contribution in [0.4, 0.5) is 11.8 Å². The molecule has 6 heteroatoms. The van der Waals surface area contributed by atoms with Gasteiger partial charge >= 0.3 is 0 Å². The van der Waals surface area contributed by atoms with Crippen LogP contribution in [0.1, 0.15) is 0 Å². The van der Waals surface area contributed by atoms with E-state index in [1.807, 2.05) is 6.07 Å². The summed E-state index contributed by atoms with van der Waals surface area (Å²) >= 11 is 0. The van der Waals surface area contributed by atoms with Gasteiger partial charge in [0.15, 0.2) is 0 Å². The van der Waals surface area contributed by atoms with Crippen molar-refractivity contribution < 1.29 is 9.84 Å². The van der Waals surface area contributed by atoms with Crippen molar-refractivity contribution in [2.45, 2.75) is 0 Å². The number of anilines is 2. The van der Waals surface area contributed by atoms with Crippen LogP contribution in [0.2, 0.25) is 0 Å². The van der Waals surface area contributed by atoms with Crippen molar-refractivity contribution in [1.82, 2.24) is 9.97 Å². The molecule has 3 N–H and O–H groups in total. The predicted octanol–water partition coefficient (Wildman–Crippen LogP) is 0.754. The largest absolute Gasteiger partial charge is 0.508 e. The Bertz CT molecular complexity index is 576. The van der Waals surface area contributed by atoms with E-state index < -0.39 is 0 Å². The Balaban J connectivity index is 2.14. The fourth-order valence-corrected chi connectivity index (χ4v) is 2.13. The monoisotopic (exact) mass is 246 g/mol. The quantitative estimate of drug-likeness (QED) is 0.772. The molecular weight excluding hydrogens is 232 g/mol. The van der Waals surface area contributed by atoms with Crippen LogP contribution >= 0.6 is 0 Å². The second kappa shape index (κ2) is 4.30. The number of nitrogen functional groups attached to an aromatic ring is 1. The van der Waals surface area contributed by atoms with Gasteiger partial charge in [0.1, 0.15) is 11.6 Å². The van der Waals surface area contributed by atoms with E-state index in [2.05, 4.69) is 14.9 Å². The molecule has 0 unspecified atom stereocenters. The molecule has 2 aromatic rings. The Labute approximate surface area is 104 Å². The number of phenols is 1. The molecule has 2 heterocycles. The summed E-state index contributed by atoms with van der Waals surface area (Å²) in [7, 11) is 0. The SMILES string of the molecule is Nc1nc(N2CCOCC2)c2ccc(O)cc2n1. The molecule has 1 fully saturated rings. The molecule has 18 heavy (non-hydrogen) atoms. The van der Waals surface area contributed by atoms with Crippen LogP contribution in [0.5, 0.6) is 5.75 Å². The lowest BCUT2D eigenvalue weighted by atomic mass is 10.2. The zero-order chi connectivity index (χ0) is 12.5. The van der Waals surface area contributed by atoms with Crippen molar-refractivity contribution in [3.63, 3.8) is 0 Å². The highest BCUT2D eigenvalue weighted by Crippen LogP contribution is 2.27. The van der Waals surface area contributed by atoms with Crippen LogP contribution in [0.15, 0.2) is 18.2 Å². The maximum absolute atomic E-state index is 9.49. The summed E-state index contributed by atoms with van der Waals surface area (Å²) in [5.74, 6) is 1.20. The number of nitrogens with zero attached hydrogens (tertiary/aromatic N) is 3. The number of fused-ring (bicyclic) bond motifs is 1. The van der Waals surface area contributed by atoms with E-state index in [1.165, 1.54) is 0 Å². The molecule has 1 aromatic carbocycles. The summed E-state index contributed by atoms with van der Waals surface area (Å²) in [6.07, 6.45) is 0. The Hall–Kier alpha value is -2.08. The lowest BCUT2D eigenvalue weighted by Gasteiger charge is -2.28. The minimum Gasteiger partial charge on any atom is -0.508 e. The highest BCUT2D eigenvalue weighted by atomic mass is 16.5. The van der Waals surface area contributed by atoms with Gasteiger partial charge in [0.05, 0.1) is 18.7 Å². The smallest absolute Gasteiger partial charge is 0.222 e. The molecule has 1 aliphatic heterocycles. The van der Waals surface area contributed by atoms with Gasteiger partial charge in [0, 0.05) is 24.5 Å². The number of hydrogen-bond acceptors (Lipinski definition) is 6. The molecule has 0 radical (unpaired) electrons. The van der Waals surface area contributed by atoms with Gasteiger partial charge in [0.25, 0.3) is 0 Å². The van der Waals surface area contributed by atoms with Crippen LogP contribution in [0.25, 0.3) is 10.9 Å². The van der Waals surface area contributed by atoms with Gasteiger partial charge in [0.2, 0.25) is 5.95 Å². The third-order valence-corrected chi connectivity index (χ3v) is 2.99. The number of rotatable bonds is 1. The predicted molar refractivity (Wildman–Crippen MR) is 68.6 cm³/mol. The van der Waals surface area contributed by atoms with E-state index in [4.69, 9.17) is 10.5 Å². The van der Waals surface area contributed by atoms with E-state index in [1.54, 1.807) is 12.1 Å². The molecule has 0 aliphatic carbocycles. The Kier molecular flexibility index (Phi) is 2.64. The van der Waals surface area contributed by atoms with Crippen molar-refractivity contribution in [2.75, 3.05) is 36.9 Å². The van der Waals surface area contributed by atoms with Gasteiger partial charge in [-0.25, -0.2) is 4.98 Å². The number of morpholine rings is 1. The average molecular weight is 246 g/mol. The minimum atomic E-state index is 0.175. The number of aromatic nitrogens is 2. The summed E-state index contributed by atoms with van der Waals surface area (Å²) in [6, 6.07) is 5.04. The van der Waals surface area contributed by atoms with Crippen LogP contribution in [-0.4, -0.2) is 41.4 Å². The molecule has 0 bridgehead atoms. The van der Waals surface area contributed by atoms with Crippen LogP contribution in [0, 0.1) is 0 Å². The number of nitrogens with two attached hydrogens (primary N) is 1. The normalized spacial score (nSPS) is 16.1. The van der Waals surface area contributed by atoms with E-state index >= 15 is 0 Å². The molecular formula is C12H14N4O2. The number of phenolic OH excluding ortho intramolecular Hbond substituents is 1. The van der Waals surface area contributed by atoms with E-state index in [0.717, 1.165) is 24.3 Å². The topological polar surface area (TPSA) is 84.5 Å². The summed E-state index contributed by atoms with van der Waals surface area (Å²) in [5, 5.41) is 10.4. The first kappa shape index (κ1) is 11.0. The van der Waals surface area contributed by atoms with Crippen LogP contribution in [0.3, 0.4) is 0 Å². The third-order valence-electron chi connectivity index (χ3n) is 2.99. The van der Waals surface area contributed by atoms with E-state index in [-0.39, 0.29) is 11.7 Å². The summed E-state index contributed by atoms with van der Waals surface area (Å²) in [5.41, 5.74) is 6.38. The van der Waals surface area contributed by atoms with Crippen molar-refractivity contribution in [2.24, 2.45) is 0 Å². The second-order valence-electron chi connectivity index (χ2n) is 4.21. The van der Waals surface area contributed by atoms with Gasteiger partial charge in [-0.05, 0) is 12.1 Å². The molecule has 0 spiro atoms. The van der Waals surface area contributed by atoms with Gasteiger partial charge in [-0.15, -0.1) is 0 Å². The highest BCUT2D eigenvalue weighted by molar-refractivity contribution is 5.91. The number of benzene rings is 1. The molecule has 6 nitrogen and oxygen atoms in total. The van der Waals surface area contributed by atoms with Crippen LogP contribution < -0.4 is 10.6 Å². The number of aromatic hydroxyl groups is 1. The fourth-order valence-electron chi connectivity index (χ4n) is 2.13. The molecule has 0 atom stereocenters. The average Bonchev–Trinajstić information content (AvgIpc) is 2.38. The molecule has 3 rings (SSSR count). The van der Waals surface area contributed by atoms with Gasteiger partial charge in [-0.1, -0.05) is 0 Å². The van der Waals surface area contributed by atoms with Gasteiger partial charge < -0.3 is 20.5 Å². The molecule has 1 saturated heterocycles. The van der Waals surface area contributed by atoms with Crippen molar-refractivity contribution in [1.29, 1.82) is 0 Å². The first-order chi connectivity index (χ1) is 8.74. The Morgan fingerprint density at radius 1 is 1.22 bits per heavy atom. The molecule has 1 aliphatic rings. The Morgan fingerprint density at radius 2 is 2.00 bits per heavy atom. The van der Waals surface area contributed by atoms with Crippen LogP contribution in [-0.2, 0) is 4.74 Å². The van der Waals surface area contributed by atoms with E-state index in [0.29, 0.717) is 18.7 Å². The Morgan fingerprint density at radius 3 is 2.78 bits per heavy atom. The fraction of sp³-hybridized carbons (Fsp3) is 0.333. The summed E-state index contributed by atoms with van der Waals surface area (Å²) < 4.78 is 5.33. The third kappa shape index (κ3) is 1.91.